The van der Waals surface area contributed by atoms with E-state index in [4.69, 9.17) is 5.73 Å². The molecule has 0 radical (unpaired) electrons. The minimum absolute atomic E-state index is 0.577. The Hall–Kier alpha value is -1.12. The van der Waals surface area contributed by atoms with Gasteiger partial charge < -0.3 is 5.73 Å². The van der Waals surface area contributed by atoms with E-state index in [9.17, 15) is 0 Å². The van der Waals surface area contributed by atoms with Crippen LogP contribution in [0, 0.1) is 5.92 Å². The predicted molar refractivity (Wildman–Crippen MR) is 89.8 cm³/mol. The topological polar surface area (TPSA) is 26.0 Å². The van der Waals surface area contributed by atoms with Gasteiger partial charge in [-0.15, -0.1) is 0 Å². The first-order chi connectivity index (χ1) is 9.78. The summed E-state index contributed by atoms with van der Waals surface area (Å²) in [6, 6.07) is 19.2. The molecule has 1 atom stereocenters. The van der Waals surface area contributed by atoms with Gasteiger partial charge in [-0.05, 0) is 61.4 Å². The lowest BCUT2D eigenvalue weighted by Gasteiger charge is -2.15. The second-order valence-electron chi connectivity index (χ2n) is 5.31. The molecule has 0 aliphatic rings. The van der Waals surface area contributed by atoms with Gasteiger partial charge in [0.05, 0.1) is 0 Å². The second kappa shape index (κ2) is 8.23. The average molecular weight is 332 g/mol. The van der Waals surface area contributed by atoms with Gasteiger partial charge in [-0.25, -0.2) is 0 Å². The number of nitrogens with two attached hydrogens (primary N) is 1. The SMILES string of the molecule is NCC(CCCc1ccccc1)Cc1cccc(Br)c1. The highest BCUT2D eigenvalue weighted by molar-refractivity contribution is 9.10. The molecule has 2 heteroatoms. The number of aryl methyl sites for hydroxylation is 1. The van der Waals surface area contributed by atoms with Crippen molar-refractivity contribution in [3.8, 4) is 0 Å². The number of rotatable bonds is 7. The zero-order valence-electron chi connectivity index (χ0n) is 11.8. The fourth-order valence-corrected chi connectivity index (χ4v) is 2.99. The molecule has 1 nitrogen and oxygen atoms in total. The van der Waals surface area contributed by atoms with Crippen molar-refractivity contribution < 1.29 is 0 Å². The van der Waals surface area contributed by atoms with Crippen LogP contribution in [0.3, 0.4) is 0 Å². The Morgan fingerprint density at radius 1 is 0.950 bits per heavy atom. The van der Waals surface area contributed by atoms with Crippen molar-refractivity contribution in [1.82, 2.24) is 0 Å². The zero-order valence-corrected chi connectivity index (χ0v) is 13.4. The summed E-state index contributed by atoms with van der Waals surface area (Å²) >= 11 is 3.53. The van der Waals surface area contributed by atoms with Gasteiger partial charge in [0.15, 0.2) is 0 Å². The molecule has 0 fully saturated rings. The van der Waals surface area contributed by atoms with Crippen molar-refractivity contribution >= 4 is 15.9 Å². The summed E-state index contributed by atoms with van der Waals surface area (Å²) in [6.07, 6.45) is 4.62. The Labute approximate surface area is 130 Å². The van der Waals surface area contributed by atoms with Gasteiger partial charge in [-0.3, -0.25) is 0 Å². The molecule has 2 aromatic rings. The van der Waals surface area contributed by atoms with Crippen LogP contribution in [0.1, 0.15) is 24.0 Å². The van der Waals surface area contributed by atoms with Crippen molar-refractivity contribution in [2.45, 2.75) is 25.7 Å². The standard InChI is InChI=1S/C18H22BrN/c19-18-11-5-9-16(13-18)12-17(14-20)10-4-8-15-6-2-1-3-7-15/h1-3,5-7,9,11,13,17H,4,8,10,12,14,20H2. The molecule has 0 bridgehead atoms. The maximum absolute atomic E-state index is 5.93. The van der Waals surface area contributed by atoms with Crippen molar-refractivity contribution in [1.29, 1.82) is 0 Å². The maximum Gasteiger partial charge on any atom is 0.0177 e. The van der Waals surface area contributed by atoms with Gasteiger partial charge in [0.2, 0.25) is 0 Å². The molecule has 0 aliphatic heterocycles. The van der Waals surface area contributed by atoms with Crippen LogP contribution in [0.2, 0.25) is 0 Å². The summed E-state index contributed by atoms with van der Waals surface area (Å²) in [4.78, 5) is 0. The van der Waals surface area contributed by atoms with E-state index < -0.39 is 0 Å². The highest BCUT2D eigenvalue weighted by Crippen LogP contribution is 2.18. The van der Waals surface area contributed by atoms with Crippen LogP contribution in [0.15, 0.2) is 59.1 Å². The van der Waals surface area contributed by atoms with Gasteiger partial charge in [0.25, 0.3) is 0 Å². The fraction of sp³-hybridized carbons (Fsp3) is 0.333. The average Bonchev–Trinajstić information content (AvgIpc) is 2.47. The normalized spacial score (nSPS) is 12.3. The van der Waals surface area contributed by atoms with Crippen LogP contribution in [-0.2, 0) is 12.8 Å². The number of hydrogen-bond donors (Lipinski definition) is 1. The van der Waals surface area contributed by atoms with E-state index in [1.807, 2.05) is 0 Å². The summed E-state index contributed by atoms with van der Waals surface area (Å²) < 4.78 is 1.15. The predicted octanol–water partition coefficient (Wildman–Crippen LogP) is 4.59. The van der Waals surface area contributed by atoms with Gasteiger partial charge in [0.1, 0.15) is 0 Å². The van der Waals surface area contributed by atoms with Gasteiger partial charge in [0, 0.05) is 4.47 Å². The lowest BCUT2D eigenvalue weighted by atomic mass is 9.93. The molecular weight excluding hydrogens is 310 g/mol. The zero-order chi connectivity index (χ0) is 14.2. The van der Waals surface area contributed by atoms with Crippen LogP contribution in [0.25, 0.3) is 0 Å². The Bertz CT molecular complexity index is 510. The van der Waals surface area contributed by atoms with Gasteiger partial charge in [-0.1, -0.05) is 58.4 Å². The molecule has 2 aromatic carbocycles. The van der Waals surface area contributed by atoms with E-state index >= 15 is 0 Å². The minimum atomic E-state index is 0.577. The third-order valence-electron chi connectivity index (χ3n) is 3.67. The molecule has 0 aliphatic carbocycles. The molecule has 1 unspecified atom stereocenters. The molecule has 2 N–H and O–H groups in total. The second-order valence-corrected chi connectivity index (χ2v) is 6.23. The van der Waals surface area contributed by atoms with Crippen LogP contribution >= 0.6 is 15.9 Å². The quantitative estimate of drug-likeness (QED) is 0.788. The highest BCUT2D eigenvalue weighted by atomic mass is 79.9. The van der Waals surface area contributed by atoms with Crippen molar-refractivity contribution in [3.63, 3.8) is 0 Å². The molecule has 0 saturated carbocycles. The molecule has 106 valence electrons. The number of hydrogen-bond acceptors (Lipinski definition) is 1. The summed E-state index contributed by atoms with van der Waals surface area (Å²) in [5, 5.41) is 0. The molecule has 0 amide bonds. The largest absolute Gasteiger partial charge is 0.330 e. The molecule has 0 heterocycles. The van der Waals surface area contributed by atoms with E-state index in [1.165, 1.54) is 24.0 Å². The Morgan fingerprint density at radius 2 is 1.70 bits per heavy atom. The Kier molecular flexibility index (Phi) is 6.28. The summed E-state index contributed by atoms with van der Waals surface area (Å²) in [5.74, 6) is 0.577. The number of benzene rings is 2. The molecule has 0 aromatic heterocycles. The van der Waals surface area contributed by atoms with Gasteiger partial charge >= 0.3 is 0 Å². The van der Waals surface area contributed by atoms with Crippen LogP contribution in [0.4, 0.5) is 0 Å². The molecular formula is C18H22BrN. The Balaban J connectivity index is 1.80. The van der Waals surface area contributed by atoms with Crippen LogP contribution < -0.4 is 5.73 Å². The monoisotopic (exact) mass is 331 g/mol. The summed E-state index contributed by atoms with van der Waals surface area (Å²) in [6.45, 7) is 0.765. The van der Waals surface area contributed by atoms with E-state index in [-0.39, 0.29) is 0 Å². The molecule has 2 rings (SSSR count). The first-order valence-electron chi connectivity index (χ1n) is 7.26. The summed E-state index contributed by atoms with van der Waals surface area (Å²) in [7, 11) is 0. The highest BCUT2D eigenvalue weighted by Gasteiger charge is 2.08. The third-order valence-corrected chi connectivity index (χ3v) is 4.16. The molecule has 20 heavy (non-hydrogen) atoms. The fourth-order valence-electron chi connectivity index (χ4n) is 2.54. The third kappa shape index (κ3) is 5.10. The smallest absolute Gasteiger partial charge is 0.0177 e. The van der Waals surface area contributed by atoms with Crippen LogP contribution in [-0.4, -0.2) is 6.54 Å². The van der Waals surface area contributed by atoms with Crippen molar-refractivity contribution in [2.24, 2.45) is 11.7 Å². The summed E-state index contributed by atoms with van der Waals surface area (Å²) in [5.41, 5.74) is 8.72. The van der Waals surface area contributed by atoms with Crippen molar-refractivity contribution in [3.05, 3.63) is 70.2 Å². The van der Waals surface area contributed by atoms with E-state index in [0.29, 0.717) is 5.92 Å². The van der Waals surface area contributed by atoms with E-state index in [2.05, 4.69) is 70.5 Å². The van der Waals surface area contributed by atoms with Gasteiger partial charge in [-0.2, -0.15) is 0 Å². The first-order valence-corrected chi connectivity index (χ1v) is 8.05. The Morgan fingerprint density at radius 3 is 2.40 bits per heavy atom. The van der Waals surface area contributed by atoms with Crippen LogP contribution in [0.5, 0.6) is 0 Å². The molecule has 0 saturated heterocycles. The van der Waals surface area contributed by atoms with E-state index in [1.54, 1.807) is 0 Å². The number of halogens is 1. The lowest BCUT2D eigenvalue weighted by molar-refractivity contribution is 0.476. The van der Waals surface area contributed by atoms with Crippen molar-refractivity contribution in [2.75, 3.05) is 6.54 Å². The maximum atomic E-state index is 5.93. The minimum Gasteiger partial charge on any atom is -0.330 e. The van der Waals surface area contributed by atoms with E-state index in [0.717, 1.165) is 23.9 Å². The lowest BCUT2D eigenvalue weighted by Crippen LogP contribution is -2.17. The first kappa shape index (κ1) is 15.3. The molecule has 0 spiro atoms.